The van der Waals surface area contributed by atoms with Crippen LogP contribution in [-0.2, 0) is 11.2 Å². The van der Waals surface area contributed by atoms with Crippen LogP contribution in [0.1, 0.15) is 35.8 Å². The molecular weight excluding hydrogens is 368 g/mol. The highest BCUT2D eigenvalue weighted by Gasteiger charge is 2.21. The molecule has 1 fully saturated rings. The van der Waals surface area contributed by atoms with Crippen molar-refractivity contribution in [1.29, 1.82) is 0 Å². The Kier molecular flexibility index (Phi) is 4.87. The number of hydrogen-bond donors (Lipinski definition) is 3. The highest BCUT2D eigenvalue weighted by Crippen LogP contribution is 2.24. The van der Waals surface area contributed by atoms with E-state index in [4.69, 9.17) is 9.72 Å². The fourth-order valence-corrected chi connectivity index (χ4v) is 4.10. The molecule has 8 heteroatoms. The average Bonchev–Trinajstić information content (AvgIpc) is 3.20. The van der Waals surface area contributed by atoms with Gasteiger partial charge in [-0.15, -0.1) is 0 Å². The zero-order valence-electron chi connectivity index (χ0n) is 16.1. The van der Waals surface area contributed by atoms with Crippen molar-refractivity contribution < 1.29 is 4.74 Å². The molecule has 0 saturated carbocycles. The first kappa shape index (κ1) is 18.1. The molecule has 4 heterocycles. The van der Waals surface area contributed by atoms with Crippen molar-refractivity contribution in [2.75, 3.05) is 26.4 Å². The van der Waals surface area contributed by atoms with Gasteiger partial charge in [0.15, 0.2) is 5.65 Å². The van der Waals surface area contributed by atoms with E-state index in [9.17, 15) is 4.79 Å². The zero-order chi connectivity index (χ0) is 19.6. The SMILES string of the molecule is O=c1[nH]c(Cc2ccccc2C2=CNCNC2)nc2c1cnn2C1CCOCC1. The van der Waals surface area contributed by atoms with Crippen LogP contribution in [0.25, 0.3) is 16.6 Å². The van der Waals surface area contributed by atoms with Crippen LogP contribution in [0.5, 0.6) is 0 Å². The molecule has 1 saturated heterocycles. The Morgan fingerprint density at radius 3 is 2.90 bits per heavy atom. The molecule has 0 atom stereocenters. The van der Waals surface area contributed by atoms with E-state index in [1.54, 1.807) is 6.20 Å². The van der Waals surface area contributed by atoms with E-state index in [-0.39, 0.29) is 11.6 Å². The molecule has 8 nitrogen and oxygen atoms in total. The van der Waals surface area contributed by atoms with Gasteiger partial charge in [0.2, 0.25) is 0 Å². The summed E-state index contributed by atoms with van der Waals surface area (Å²) in [6.45, 7) is 3.01. The van der Waals surface area contributed by atoms with Gasteiger partial charge in [0, 0.05) is 32.4 Å². The van der Waals surface area contributed by atoms with Crippen LogP contribution in [0.2, 0.25) is 0 Å². The second-order valence-corrected chi connectivity index (χ2v) is 7.49. The lowest BCUT2D eigenvalue weighted by molar-refractivity contribution is 0.0673. The first-order chi connectivity index (χ1) is 14.3. The van der Waals surface area contributed by atoms with Crippen molar-refractivity contribution >= 4 is 16.6 Å². The van der Waals surface area contributed by atoms with Crippen molar-refractivity contribution in [2.45, 2.75) is 25.3 Å². The third-order valence-corrected chi connectivity index (χ3v) is 5.59. The first-order valence-electron chi connectivity index (χ1n) is 10.0. The largest absolute Gasteiger partial charge is 0.381 e. The molecule has 0 aliphatic carbocycles. The van der Waals surface area contributed by atoms with Crippen molar-refractivity contribution in [3.05, 3.63) is 64.0 Å². The van der Waals surface area contributed by atoms with Crippen molar-refractivity contribution in [1.82, 2.24) is 30.4 Å². The number of aromatic nitrogens is 4. The predicted octanol–water partition coefficient (Wildman–Crippen LogP) is 1.55. The second kappa shape index (κ2) is 7.81. The average molecular weight is 392 g/mol. The van der Waals surface area contributed by atoms with Crippen LogP contribution in [0.4, 0.5) is 0 Å². The maximum atomic E-state index is 12.7. The van der Waals surface area contributed by atoms with E-state index < -0.39 is 0 Å². The minimum atomic E-state index is -0.138. The van der Waals surface area contributed by atoms with Gasteiger partial charge in [-0.25, -0.2) is 9.67 Å². The van der Waals surface area contributed by atoms with Crippen LogP contribution in [0.3, 0.4) is 0 Å². The lowest BCUT2D eigenvalue weighted by atomic mass is 9.97. The second-order valence-electron chi connectivity index (χ2n) is 7.49. The van der Waals surface area contributed by atoms with E-state index in [0.717, 1.165) is 37.2 Å². The van der Waals surface area contributed by atoms with Crippen LogP contribution >= 0.6 is 0 Å². The van der Waals surface area contributed by atoms with E-state index in [0.29, 0.717) is 36.5 Å². The topological polar surface area (TPSA) is 96.9 Å². The van der Waals surface area contributed by atoms with Gasteiger partial charge >= 0.3 is 0 Å². The van der Waals surface area contributed by atoms with E-state index in [2.05, 4.69) is 39.0 Å². The number of rotatable bonds is 4. The molecule has 0 spiro atoms. The van der Waals surface area contributed by atoms with Gasteiger partial charge in [-0.05, 0) is 29.5 Å². The molecule has 3 aromatic rings. The van der Waals surface area contributed by atoms with Crippen LogP contribution in [-0.4, -0.2) is 46.2 Å². The normalized spacial score (nSPS) is 17.9. The quantitative estimate of drug-likeness (QED) is 0.623. The molecule has 1 aromatic carbocycles. The molecular formula is C21H24N6O2. The summed E-state index contributed by atoms with van der Waals surface area (Å²) in [5, 5.41) is 11.6. The lowest BCUT2D eigenvalue weighted by Crippen LogP contribution is -2.32. The van der Waals surface area contributed by atoms with E-state index >= 15 is 0 Å². The first-order valence-corrected chi connectivity index (χ1v) is 10.0. The number of benzene rings is 1. The highest BCUT2D eigenvalue weighted by atomic mass is 16.5. The third-order valence-electron chi connectivity index (χ3n) is 5.59. The number of fused-ring (bicyclic) bond motifs is 1. The molecule has 0 unspecified atom stereocenters. The van der Waals surface area contributed by atoms with Crippen molar-refractivity contribution in [2.24, 2.45) is 0 Å². The Hall–Kier alpha value is -2.97. The van der Waals surface area contributed by atoms with Crippen LogP contribution < -0.4 is 16.2 Å². The molecule has 150 valence electrons. The Morgan fingerprint density at radius 1 is 1.21 bits per heavy atom. The summed E-state index contributed by atoms with van der Waals surface area (Å²) in [7, 11) is 0. The summed E-state index contributed by atoms with van der Waals surface area (Å²) >= 11 is 0. The number of aromatic amines is 1. The molecule has 0 radical (unpaired) electrons. The fourth-order valence-electron chi connectivity index (χ4n) is 4.10. The minimum Gasteiger partial charge on any atom is -0.381 e. The molecule has 5 rings (SSSR count). The fraction of sp³-hybridized carbons (Fsp3) is 0.381. The zero-order valence-corrected chi connectivity index (χ0v) is 16.1. The van der Waals surface area contributed by atoms with Gasteiger partial charge < -0.3 is 15.0 Å². The molecule has 2 aliphatic rings. The third kappa shape index (κ3) is 3.56. The van der Waals surface area contributed by atoms with E-state index in [1.807, 2.05) is 16.8 Å². The Balaban J connectivity index is 1.52. The summed E-state index contributed by atoms with van der Waals surface area (Å²) < 4.78 is 7.36. The number of H-pyrrole nitrogens is 1. The Morgan fingerprint density at radius 2 is 2.07 bits per heavy atom. The Bertz CT molecular complexity index is 1110. The van der Waals surface area contributed by atoms with Gasteiger partial charge in [0.25, 0.3) is 5.56 Å². The van der Waals surface area contributed by atoms with Crippen molar-refractivity contribution in [3.8, 4) is 0 Å². The molecule has 3 N–H and O–H groups in total. The number of nitrogens with one attached hydrogen (secondary N) is 3. The smallest absolute Gasteiger partial charge is 0.262 e. The highest BCUT2D eigenvalue weighted by molar-refractivity contribution is 5.73. The maximum absolute atomic E-state index is 12.7. The standard InChI is InChI=1S/C21H24N6O2/c28-21-18-12-24-27(16-5-7-29-8-6-16)20(18)25-19(26-21)9-14-3-1-2-4-17(14)15-10-22-13-23-11-15/h1-4,10,12,16,22-23H,5-9,11,13H2,(H,25,26,28). The number of hydrogen-bond acceptors (Lipinski definition) is 6. The predicted molar refractivity (Wildman–Crippen MR) is 110 cm³/mol. The maximum Gasteiger partial charge on any atom is 0.262 e. The summed E-state index contributed by atoms with van der Waals surface area (Å²) in [5.41, 5.74) is 4.01. The van der Waals surface area contributed by atoms with Crippen LogP contribution in [0.15, 0.2) is 41.5 Å². The molecule has 0 amide bonds. The minimum absolute atomic E-state index is 0.138. The monoisotopic (exact) mass is 392 g/mol. The summed E-state index contributed by atoms with van der Waals surface area (Å²) in [4.78, 5) is 20.4. The summed E-state index contributed by atoms with van der Waals surface area (Å²) in [5.74, 6) is 0.654. The Labute approximate surface area is 168 Å². The summed E-state index contributed by atoms with van der Waals surface area (Å²) in [6, 6.07) is 8.48. The van der Waals surface area contributed by atoms with Crippen LogP contribution in [0, 0.1) is 0 Å². The molecule has 2 aromatic heterocycles. The molecule has 0 bridgehead atoms. The van der Waals surface area contributed by atoms with Gasteiger partial charge in [-0.3, -0.25) is 10.1 Å². The van der Waals surface area contributed by atoms with Gasteiger partial charge in [-0.2, -0.15) is 5.10 Å². The number of nitrogens with zero attached hydrogens (tertiary/aromatic N) is 3. The lowest BCUT2D eigenvalue weighted by Gasteiger charge is -2.22. The van der Waals surface area contributed by atoms with Gasteiger partial charge in [0.1, 0.15) is 11.2 Å². The van der Waals surface area contributed by atoms with Gasteiger partial charge in [0.05, 0.1) is 18.9 Å². The summed E-state index contributed by atoms with van der Waals surface area (Å²) in [6.07, 6.45) is 6.00. The molecule has 2 aliphatic heterocycles. The van der Waals surface area contributed by atoms with Gasteiger partial charge in [-0.1, -0.05) is 24.3 Å². The van der Waals surface area contributed by atoms with E-state index in [1.165, 1.54) is 5.57 Å². The number of ether oxygens (including phenoxy) is 1. The molecule has 29 heavy (non-hydrogen) atoms. The van der Waals surface area contributed by atoms with Crippen molar-refractivity contribution in [3.63, 3.8) is 0 Å².